The molecular weight excluding hydrogens is 340 g/mol. The van der Waals surface area contributed by atoms with Crippen LogP contribution in [-0.4, -0.2) is 54.2 Å². The second-order valence-electron chi connectivity index (χ2n) is 6.38. The SMILES string of the molecule is COCOc1ccccc1C(=O)OC1CCCCC(=O)C(O)C(O)CC1. The molecule has 1 aliphatic carbocycles. The van der Waals surface area contributed by atoms with Gasteiger partial charge in [-0.1, -0.05) is 12.1 Å². The fourth-order valence-corrected chi connectivity index (χ4v) is 2.91. The van der Waals surface area contributed by atoms with E-state index in [-0.39, 0.29) is 25.4 Å². The summed E-state index contributed by atoms with van der Waals surface area (Å²) in [5.74, 6) is -0.470. The van der Waals surface area contributed by atoms with Gasteiger partial charge in [-0.15, -0.1) is 0 Å². The van der Waals surface area contributed by atoms with E-state index in [9.17, 15) is 19.8 Å². The van der Waals surface area contributed by atoms with E-state index in [1.807, 2.05) is 0 Å². The molecule has 0 spiro atoms. The van der Waals surface area contributed by atoms with Crippen molar-refractivity contribution in [1.82, 2.24) is 0 Å². The number of ether oxygens (including phenoxy) is 3. The Morgan fingerprint density at radius 3 is 2.69 bits per heavy atom. The highest BCUT2D eigenvalue weighted by atomic mass is 16.7. The summed E-state index contributed by atoms with van der Waals surface area (Å²) >= 11 is 0. The maximum absolute atomic E-state index is 12.5. The van der Waals surface area contributed by atoms with Crippen molar-refractivity contribution in [2.24, 2.45) is 0 Å². The minimum atomic E-state index is -1.37. The summed E-state index contributed by atoms with van der Waals surface area (Å²) in [6.07, 6.45) is -0.237. The van der Waals surface area contributed by atoms with Gasteiger partial charge in [0.1, 0.15) is 23.5 Å². The quantitative estimate of drug-likeness (QED) is 0.605. The molecule has 7 heteroatoms. The zero-order valence-corrected chi connectivity index (χ0v) is 14.9. The molecule has 0 aromatic heterocycles. The van der Waals surface area contributed by atoms with Gasteiger partial charge in [-0.3, -0.25) is 4.79 Å². The summed E-state index contributed by atoms with van der Waals surface area (Å²) in [7, 11) is 1.49. The third-order valence-corrected chi connectivity index (χ3v) is 4.39. The number of esters is 1. The van der Waals surface area contributed by atoms with Crippen molar-refractivity contribution in [2.45, 2.75) is 56.8 Å². The first-order valence-electron chi connectivity index (χ1n) is 8.83. The van der Waals surface area contributed by atoms with Gasteiger partial charge in [0.25, 0.3) is 0 Å². The van der Waals surface area contributed by atoms with Crippen LogP contribution in [-0.2, 0) is 14.3 Å². The van der Waals surface area contributed by atoms with Crippen molar-refractivity contribution in [1.29, 1.82) is 0 Å². The topological polar surface area (TPSA) is 102 Å². The number of carbonyl (C=O) groups is 2. The number of aliphatic hydroxyl groups excluding tert-OH is 2. The van der Waals surface area contributed by atoms with Crippen molar-refractivity contribution in [3.05, 3.63) is 29.8 Å². The van der Waals surface area contributed by atoms with Gasteiger partial charge in [0, 0.05) is 13.5 Å². The molecule has 0 radical (unpaired) electrons. The molecule has 1 aliphatic rings. The molecule has 0 saturated heterocycles. The average Bonchev–Trinajstić information content (AvgIpc) is 2.65. The van der Waals surface area contributed by atoms with Crippen molar-refractivity contribution in [3.63, 3.8) is 0 Å². The molecule has 2 rings (SSSR count). The molecule has 3 unspecified atom stereocenters. The van der Waals surface area contributed by atoms with Gasteiger partial charge in [0.05, 0.1) is 6.10 Å². The predicted molar refractivity (Wildman–Crippen MR) is 92.9 cm³/mol. The Morgan fingerprint density at radius 2 is 1.92 bits per heavy atom. The molecule has 7 nitrogen and oxygen atoms in total. The van der Waals surface area contributed by atoms with Crippen molar-refractivity contribution >= 4 is 11.8 Å². The lowest BCUT2D eigenvalue weighted by molar-refractivity contribution is -0.133. The summed E-state index contributed by atoms with van der Waals surface area (Å²) < 4.78 is 15.9. The van der Waals surface area contributed by atoms with Gasteiger partial charge in [0.2, 0.25) is 0 Å². The van der Waals surface area contributed by atoms with Crippen molar-refractivity contribution in [3.8, 4) is 5.75 Å². The molecule has 0 amide bonds. The number of hydrogen-bond donors (Lipinski definition) is 2. The van der Waals surface area contributed by atoms with Gasteiger partial charge in [-0.2, -0.15) is 0 Å². The lowest BCUT2D eigenvalue weighted by Gasteiger charge is -2.23. The minimum Gasteiger partial charge on any atom is -0.467 e. The van der Waals surface area contributed by atoms with Gasteiger partial charge in [-0.05, 0) is 44.2 Å². The smallest absolute Gasteiger partial charge is 0.342 e. The molecule has 1 aromatic carbocycles. The van der Waals surface area contributed by atoms with Gasteiger partial charge >= 0.3 is 5.97 Å². The summed E-state index contributed by atoms with van der Waals surface area (Å²) in [5.41, 5.74) is 0.303. The molecule has 2 N–H and O–H groups in total. The molecule has 0 bridgehead atoms. The van der Waals surface area contributed by atoms with E-state index in [0.29, 0.717) is 37.0 Å². The molecule has 144 valence electrons. The third kappa shape index (κ3) is 5.79. The molecule has 1 fully saturated rings. The van der Waals surface area contributed by atoms with Crippen LogP contribution < -0.4 is 4.74 Å². The summed E-state index contributed by atoms with van der Waals surface area (Å²) in [5, 5.41) is 19.7. The highest BCUT2D eigenvalue weighted by Crippen LogP contribution is 2.23. The zero-order chi connectivity index (χ0) is 18.9. The molecule has 1 aromatic rings. The first-order valence-corrected chi connectivity index (χ1v) is 8.83. The van der Waals surface area contributed by atoms with Crippen LogP contribution in [0.3, 0.4) is 0 Å². The highest BCUT2D eigenvalue weighted by molar-refractivity contribution is 5.92. The van der Waals surface area contributed by atoms with E-state index in [0.717, 1.165) is 0 Å². The molecule has 26 heavy (non-hydrogen) atoms. The lowest BCUT2D eigenvalue weighted by Crippen LogP contribution is -2.35. The number of carbonyl (C=O) groups excluding carboxylic acids is 2. The molecule has 1 saturated carbocycles. The average molecular weight is 366 g/mol. The van der Waals surface area contributed by atoms with Crippen LogP contribution in [0.1, 0.15) is 48.9 Å². The Kier molecular flexibility index (Phi) is 8.03. The largest absolute Gasteiger partial charge is 0.467 e. The maximum Gasteiger partial charge on any atom is 0.342 e. The van der Waals surface area contributed by atoms with E-state index in [1.54, 1.807) is 24.3 Å². The van der Waals surface area contributed by atoms with Gasteiger partial charge in [-0.25, -0.2) is 4.79 Å². The Morgan fingerprint density at radius 1 is 1.15 bits per heavy atom. The highest BCUT2D eigenvalue weighted by Gasteiger charge is 2.27. The van der Waals surface area contributed by atoms with E-state index >= 15 is 0 Å². The monoisotopic (exact) mass is 366 g/mol. The number of benzene rings is 1. The molecular formula is C19H26O7. The van der Waals surface area contributed by atoms with Crippen LogP contribution in [0.5, 0.6) is 5.75 Å². The van der Waals surface area contributed by atoms with Crippen LogP contribution >= 0.6 is 0 Å². The van der Waals surface area contributed by atoms with E-state index in [2.05, 4.69) is 0 Å². The van der Waals surface area contributed by atoms with E-state index < -0.39 is 24.3 Å². The minimum absolute atomic E-state index is 0.0197. The first kappa shape index (κ1) is 20.4. The third-order valence-electron chi connectivity index (χ3n) is 4.39. The van der Waals surface area contributed by atoms with Gasteiger partial charge in [0.15, 0.2) is 12.6 Å². The van der Waals surface area contributed by atoms with Crippen LogP contribution in [0.15, 0.2) is 24.3 Å². The number of Topliss-reactive ketones (excluding diaryl/α,β-unsaturated/α-hetero) is 1. The fraction of sp³-hybridized carbons (Fsp3) is 0.579. The van der Waals surface area contributed by atoms with E-state index in [4.69, 9.17) is 14.2 Å². The lowest BCUT2D eigenvalue weighted by atomic mass is 9.95. The second-order valence-corrected chi connectivity index (χ2v) is 6.38. The number of hydrogen-bond acceptors (Lipinski definition) is 7. The first-order chi connectivity index (χ1) is 12.5. The molecule has 0 heterocycles. The number of aliphatic hydroxyl groups is 2. The predicted octanol–water partition coefficient (Wildman–Crippen LogP) is 1.84. The zero-order valence-electron chi connectivity index (χ0n) is 14.9. The number of ketones is 1. The second kappa shape index (κ2) is 10.3. The van der Waals surface area contributed by atoms with Gasteiger partial charge < -0.3 is 24.4 Å². The molecule has 3 atom stereocenters. The Bertz CT molecular complexity index is 601. The van der Waals surface area contributed by atoms with Crippen LogP contribution in [0, 0.1) is 0 Å². The number of para-hydroxylation sites is 1. The van der Waals surface area contributed by atoms with Crippen LogP contribution in [0.2, 0.25) is 0 Å². The Balaban J connectivity index is 2.02. The Hall–Kier alpha value is -1.96. The normalized spacial score (nSPS) is 24.7. The number of rotatable bonds is 5. The summed E-state index contributed by atoms with van der Waals surface area (Å²) in [6, 6.07) is 6.74. The van der Waals surface area contributed by atoms with Crippen molar-refractivity contribution < 1.29 is 34.0 Å². The number of methoxy groups -OCH3 is 1. The fourth-order valence-electron chi connectivity index (χ4n) is 2.91. The van der Waals surface area contributed by atoms with Crippen molar-refractivity contribution in [2.75, 3.05) is 13.9 Å². The summed E-state index contributed by atoms with van der Waals surface area (Å²) in [4.78, 5) is 24.2. The van der Waals surface area contributed by atoms with E-state index in [1.165, 1.54) is 7.11 Å². The van der Waals surface area contributed by atoms with Crippen LogP contribution in [0.25, 0.3) is 0 Å². The van der Waals surface area contributed by atoms with Crippen LogP contribution in [0.4, 0.5) is 0 Å². The standard InChI is InChI=1S/C19H26O7/c1-24-12-25-17-9-5-3-7-14(17)19(23)26-13-6-2-4-8-15(20)18(22)16(21)11-10-13/h3,5,7,9,13,16,18,21-22H,2,4,6,8,10-12H2,1H3. The molecule has 0 aliphatic heterocycles. The maximum atomic E-state index is 12.5. The summed E-state index contributed by atoms with van der Waals surface area (Å²) in [6.45, 7) is 0.0197. The Labute approximate surface area is 152 Å².